The van der Waals surface area contributed by atoms with Crippen LogP contribution in [-0.4, -0.2) is 65.0 Å². The summed E-state index contributed by atoms with van der Waals surface area (Å²) in [5, 5.41) is 0. The van der Waals surface area contributed by atoms with Crippen LogP contribution in [0.1, 0.15) is 31.4 Å². The second-order valence-electron chi connectivity index (χ2n) is 7.46. The largest absolute Gasteiger partial charge is 0.363 e. The smallest absolute Gasteiger partial charge is 0.251 e. The first kappa shape index (κ1) is 17.4. The summed E-state index contributed by atoms with van der Waals surface area (Å²) in [6.45, 7) is 2.87. The predicted octanol–water partition coefficient (Wildman–Crippen LogP) is 1.39. The summed E-state index contributed by atoms with van der Waals surface area (Å²) in [6, 6.07) is 2.85. The molecule has 0 N–H and O–H groups in total. The van der Waals surface area contributed by atoms with Gasteiger partial charge in [-0.05, 0) is 43.7 Å². The number of aromatic nitrogens is 1. The molecular formula is C19H24FN3O3. The van der Waals surface area contributed by atoms with Crippen LogP contribution in [0.25, 0.3) is 0 Å². The number of hydrogen-bond donors (Lipinski definition) is 0. The fourth-order valence-corrected chi connectivity index (χ4v) is 4.23. The lowest BCUT2D eigenvalue weighted by atomic mass is 9.91. The number of nitrogens with zero attached hydrogens (tertiary/aromatic N) is 3. The van der Waals surface area contributed by atoms with Gasteiger partial charge in [0.05, 0.1) is 18.7 Å². The molecule has 1 aromatic heterocycles. The zero-order valence-electron chi connectivity index (χ0n) is 14.8. The molecule has 3 atom stereocenters. The Balaban J connectivity index is 1.33. The summed E-state index contributed by atoms with van der Waals surface area (Å²) in [6.07, 6.45) is 4.65. The van der Waals surface area contributed by atoms with E-state index in [4.69, 9.17) is 4.74 Å². The Morgan fingerprint density at radius 3 is 2.73 bits per heavy atom. The molecule has 3 saturated heterocycles. The Labute approximate surface area is 152 Å². The van der Waals surface area contributed by atoms with Crippen molar-refractivity contribution < 1.29 is 18.7 Å². The Hall–Kier alpha value is -2.02. The lowest BCUT2D eigenvalue weighted by Crippen LogP contribution is -2.46. The van der Waals surface area contributed by atoms with Crippen molar-refractivity contribution in [1.82, 2.24) is 14.8 Å². The van der Waals surface area contributed by atoms with E-state index in [1.165, 1.54) is 12.1 Å². The number of piperidine rings is 1. The summed E-state index contributed by atoms with van der Waals surface area (Å²) >= 11 is 0. The monoisotopic (exact) mass is 361 g/mol. The molecule has 4 heterocycles. The predicted molar refractivity (Wildman–Crippen MR) is 91.7 cm³/mol. The van der Waals surface area contributed by atoms with Crippen LogP contribution < -0.4 is 0 Å². The van der Waals surface area contributed by atoms with E-state index in [0.717, 1.165) is 45.0 Å². The van der Waals surface area contributed by atoms with E-state index in [1.54, 1.807) is 4.90 Å². The topological polar surface area (TPSA) is 62.7 Å². The van der Waals surface area contributed by atoms with Crippen molar-refractivity contribution in [1.29, 1.82) is 0 Å². The summed E-state index contributed by atoms with van der Waals surface area (Å²) < 4.78 is 19.0. The van der Waals surface area contributed by atoms with Crippen molar-refractivity contribution >= 4 is 11.8 Å². The molecule has 0 saturated carbocycles. The average Bonchev–Trinajstić information content (AvgIpc) is 3.32. The Bertz CT molecular complexity index is 675. The molecule has 140 valence electrons. The van der Waals surface area contributed by atoms with E-state index in [1.807, 2.05) is 4.90 Å². The maximum Gasteiger partial charge on any atom is 0.251 e. The molecule has 4 rings (SSSR count). The van der Waals surface area contributed by atoms with E-state index in [2.05, 4.69) is 4.98 Å². The summed E-state index contributed by atoms with van der Waals surface area (Å²) in [7, 11) is 0. The van der Waals surface area contributed by atoms with Crippen LogP contribution in [0.2, 0.25) is 0 Å². The zero-order valence-corrected chi connectivity index (χ0v) is 14.8. The lowest BCUT2D eigenvalue weighted by Gasteiger charge is -2.34. The number of amides is 2. The molecule has 0 aliphatic carbocycles. The van der Waals surface area contributed by atoms with Crippen LogP contribution in [-0.2, 0) is 20.7 Å². The first-order valence-corrected chi connectivity index (χ1v) is 9.42. The van der Waals surface area contributed by atoms with Crippen LogP contribution in [0.3, 0.4) is 0 Å². The number of fused-ring (bicyclic) bond motifs is 1. The van der Waals surface area contributed by atoms with Crippen LogP contribution >= 0.6 is 0 Å². The quantitative estimate of drug-likeness (QED) is 0.816. The number of carbonyl (C=O) groups is 2. The Morgan fingerprint density at radius 2 is 2.00 bits per heavy atom. The number of hydrogen-bond acceptors (Lipinski definition) is 4. The molecule has 0 spiro atoms. The van der Waals surface area contributed by atoms with Gasteiger partial charge in [0, 0.05) is 31.9 Å². The highest BCUT2D eigenvalue weighted by Gasteiger charge is 2.44. The fraction of sp³-hybridized carbons (Fsp3) is 0.632. The van der Waals surface area contributed by atoms with E-state index in [9.17, 15) is 14.0 Å². The van der Waals surface area contributed by atoms with E-state index < -0.39 is 5.82 Å². The fourth-order valence-electron chi connectivity index (χ4n) is 4.23. The summed E-state index contributed by atoms with van der Waals surface area (Å²) in [5.41, 5.74) is 0.563. The number of halogens is 1. The number of ether oxygens (including phenoxy) is 1. The van der Waals surface area contributed by atoms with Gasteiger partial charge in [-0.25, -0.2) is 4.39 Å². The summed E-state index contributed by atoms with van der Waals surface area (Å²) in [5.74, 6) is 0.0281. The van der Waals surface area contributed by atoms with Crippen molar-refractivity contribution in [3.05, 3.63) is 29.8 Å². The molecular weight excluding hydrogens is 337 g/mol. The number of pyridine rings is 1. The van der Waals surface area contributed by atoms with Crippen molar-refractivity contribution in [2.75, 3.05) is 26.2 Å². The van der Waals surface area contributed by atoms with Crippen molar-refractivity contribution in [2.24, 2.45) is 5.92 Å². The van der Waals surface area contributed by atoms with Gasteiger partial charge in [-0.1, -0.05) is 0 Å². The highest BCUT2D eigenvalue weighted by atomic mass is 19.1. The normalized spacial score (nSPS) is 28.3. The van der Waals surface area contributed by atoms with Gasteiger partial charge in [0.1, 0.15) is 11.9 Å². The van der Waals surface area contributed by atoms with Gasteiger partial charge < -0.3 is 14.5 Å². The average molecular weight is 361 g/mol. The minimum Gasteiger partial charge on any atom is -0.363 e. The van der Waals surface area contributed by atoms with Crippen LogP contribution in [0.4, 0.5) is 4.39 Å². The Morgan fingerprint density at radius 1 is 1.19 bits per heavy atom. The maximum atomic E-state index is 12.9. The maximum absolute atomic E-state index is 12.9. The molecule has 0 bridgehead atoms. The van der Waals surface area contributed by atoms with Crippen LogP contribution in [0.5, 0.6) is 0 Å². The van der Waals surface area contributed by atoms with Crippen LogP contribution in [0.15, 0.2) is 18.3 Å². The molecule has 6 nitrogen and oxygen atoms in total. The van der Waals surface area contributed by atoms with Gasteiger partial charge in [0.2, 0.25) is 5.91 Å². The zero-order chi connectivity index (χ0) is 18.1. The molecule has 1 aromatic rings. The van der Waals surface area contributed by atoms with Gasteiger partial charge in [-0.15, -0.1) is 0 Å². The molecule has 2 amide bonds. The second kappa shape index (κ2) is 7.31. The first-order chi connectivity index (χ1) is 12.6. The van der Waals surface area contributed by atoms with Crippen molar-refractivity contribution in [2.45, 2.75) is 44.3 Å². The highest BCUT2D eigenvalue weighted by Crippen LogP contribution is 2.34. The molecule has 3 aliphatic heterocycles. The van der Waals surface area contributed by atoms with Crippen molar-refractivity contribution in [3.8, 4) is 0 Å². The van der Waals surface area contributed by atoms with E-state index in [-0.39, 0.29) is 30.4 Å². The van der Waals surface area contributed by atoms with Gasteiger partial charge in [0.25, 0.3) is 5.91 Å². The molecule has 3 fully saturated rings. The minimum absolute atomic E-state index is 0.0273. The number of rotatable bonds is 3. The van der Waals surface area contributed by atoms with E-state index >= 15 is 0 Å². The SMILES string of the molecule is O=C(Cc1ccc(F)cn1)N1CC[C@H]2CC(C(=O)N3CCCC3)O[C@H]2C1. The minimum atomic E-state index is -0.407. The van der Waals surface area contributed by atoms with E-state index in [0.29, 0.717) is 24.7 Å². The molecule has 3 aliphatic rings. The summed E-state index contributed by atoms with van der Waals surface area (Å²) in [4.78, 5) is 32.7. The first-order valence-electron chi connectivity index (χ1n) is 9.42. The molecule has 0 aromatic carbocycles. The molecule has 0 radical (unpaired) electrons. The van der Waals surface area contributed by atoms with Crippen LogP contribution in [0, 0.1) is 11.7 Å². The molecule has 1 unspecified atom stereocenters. The lowest BCUT2D eigenvalue weighted by molar-refractivity contribution is -0.144. The van der Waals surface area contributed by atoms with Gasteiger partial charge in [-0.2, -0.15) is 0 Å². The number of likely N-dealkylation sites (tertiary alicyclic amines) is 2. The van der Waals surface area contributed by atoms with Gasteiger partial charge >= 0.3 is 0 Å². The highest BCUT2D eigenvalue weighted by molar-refractivity contribution is 5.81. The van der Waals surface area contributed by atoms with Gasteiger partial charge in [0.15, 0.2) is 0 Å². The third kappa shape index (κ3) is 3.58. The number of carbonyl (C=O) groups excluding carboxylic acids is 2. The van der Waals surface area contributed by atoms with Crippen molar-refractivity contribution in [3.63, 3.8) is 0 Å². The van der Waals surface area contributed by atoms with Gasteiger partial charge in [-0.3, -0.25) is 14.6 Å². The molecule has 26 heavy (non-hydrogen) atoms. The standard InChI is InChI=1S/C19H24FN3O3/c20-14-3-4-15(21-11-14)10-18(24)23-8-5-13-9-16(26-17(13)12-23)19(25)22-6-1-2-7-22/h3-4,11,13,16-17H,1-2,5-10,12H2/t13-,16?,17-/m0/s1. The Kier molecular flexibility index (Phi) is 4.89. The third-order valence-corrected chi connectivity index (χ3v) is 5.72. The second-order valence-corrected chi connectivity index (χ2v) is 7.46. The molecule has 7 heteroatoms. The third-order valence-electron chi connectivity index (χ3n) is 5.72.